The highest BCUT2D eigenvalue weighted by Crippen LogP contribution is 2.21. The van der Waals surface area contributed by atoms with E-state index in [0.717, 1.165) is 17.1 Å². The molecule has 0 saturated heterocycles. The first kappa shape index (κ1) is 14.6. The topological polar surface area (TPSA) is 33.6 Å². The van der Waals surface area contributed by atoms with Crippen molar-refractivity contribution in [3.8, 4) is 0 Å². The zero-order chi connectivity index (χ0) is 14.2. The molecule has 0 saturated carbocycles. The number of hydrogen-bond acceptors (Lipinski definition) is 2. The molecule has 1 N–H and O–H groups in total. The van der Waals surface area contributed by atoms with Crippen molar-refractivity contribution in [2.45, 2.75) is 0 Å². The molecule has 0 bridgehead atoms. The van der Waals surface area contributed by atoms with Crippen molar-refractivity contribution in [1.82, 2.24) is 0 Å². The number of para-hydroxylation sites is 1. The monoisotopic (exact) mass is 288 g/mol. The first-order chi connectivity index (χ1) is 9.81. The molecule has 0 radical (unpaired) electrons. The van der Waals surface area contributed by atoms with E-state index in [0.29, 0.717) is 18.2 Å². The molecule has 2 aromatic carbocycles. The second kappa shape index (κ2) is 7.68. The Kier molecular flexibility index (Phi) is 5.59. The minimum Gasteiger partial charge on any atom is -0.383 e. The van der Waals surface area contributed by atoms with Gasteiger partial charge >= 0.3 is 0 Å². The minimum atomic E-state index is 0.584. The summed E-state index contributed by atoms with van der Waals surface area (Å²) >= 11 is 6.17. The maximum atomic E-state index is 6.17. The summed E-state index contributed by atoms with van der Waals surface area (Å²) in [5.74, 6) is 0.788. The number of rotatable bonds is 5. The van der Waals surface area contributed by atoms with Crippen LogP contribution in [0.1, 0.15) is 5.56 Å². The predicted octanol–water partition coefficient (Wildman–Crippen LogP) is 3.85. The van der Waals surface area contributed by atoms with Crippen molar-refractivity contribution in [1.29, 1.82) is 0 Å². The maximum absolute atomic E-state index is 6.17. The molecule has 0 unspecified atom stereocenters. The van der Waals surface area contributed by atoms with Gasteiger partial charge in [-0.15, -0.1) is 0 Å². The number of halogens is 1. The van der Waals surface area contributed by atoms with Gasteiger partial charge in [0, 0.05) is 12.7 Å². The van der Waals surface area contributed by atoms with Crippen LogP contribution >= 0.6 is 11.6 Å². The first-order valence-corrected chi connectivity index (χ1v) is 6.79. The number of nitrogens with zero attached hydrogens (tertiary/aromatic N) is 1. The summed E-state index contributed by atoms with van der Waals surface area (Å²) in [6.07, 6.45) is 0. The van der Waals surface area contributed by atoms with Gasteiger partial charge < -0.3 is 10.1 Å². The van der Waals surface area contributed by atoms with Gasteiger partial charge in [-0.2, -0.15) is 0 Å². The summed E-state index contributed by atoms with van der Waals surface area (Å²) in [6.45, 7) is 1.18. The molecular formula is C16H17ClN2O. The van der Waals surface area contributed by atoms with Gasteiger partial charge in [0.2, 0.25) is 0 Å². The Morgan fingerprint density at radius 2 is 1.80 bits per heavy atom. The van der Waals surface area contributed by atoms with E-state index in [1.165, 1.54) is 0 Å². The number of hydrogen-bond donors (Lipinski definition) is 1. The summed E-state index contributed by atoms with van der Waals surface area (Å²) in [5.41, 5.74) is 1.86. The number of amidine groups is 1. The number of methoxy groups -OCH3 is 1. The fraction of sp³-hybridized carbons (Fsp3) is 0.188. The zero-order valence-electron chi connectivity index (χ0n) is 11.3. The average molecular weight is 289 g/mol. The second-order valence-electron chi connectivity index (χ2n) is 4.19. The van der Waals surface area contributed by atoms with E-state index < -0.39 is 0 Å². The highest BCUT2D eigenvalue weighted by Gasteiger charge is 2.05. The molecule has 2 aromatic rings. The molecule has 0 aromatic heterocycles. The van der Waals surface area contributed by atoms with E-state index in [1.54, 1.807) is 7.11 Å². The van der Waals surface area contributed by atoms with Crippen molar-refractivity contribution in [2.75, 3.05) is 25.6 Å². The standard InChI is InChI=1S/C16H17ClN2O/c1-20-12-11-18-16(13-7-3-2-4-8-13)19-15-10-6-5-9-14(15)17/h2-10H,11-12H2,1H3,(H,18,19). The van der Waals surface area contributed by atoms with Crippen LogP contribution in [0.15, 0.2) is 59.6 Å². The van der Waals surface area contributed by atoms with Crippen LogP contribution in [0.25, 0.3) is 0 Å². The summed E-state index contributed by atoms with van der Waals surface area (Å²) in [7, 11) is 1.67. The quantitative estimate of drug-likeness (QED) is 0.515. The van der Waals surface area contributed by atoms with Crippen molar-refractivity contribution >= 4 is 23.1 Å². The van der Waals surface area contributed by atoms with E-state index in [9.17, 15) is 0 Å². The Morgan fingerprint density at radius 1 is 1.10 bits per heavy atom. The van der Waals surface area contributed by atoms with Crippen LogP contribution in [0.2, 0.25) is 5.02 Å². The summed E-state index contributed by atoms with van der Waals surface area (Å²) in [6, 6.07) is 17.6. The van der Waals surface area contributed by atoms with E-state index in [-0.39, 0.29) is 0 Å². The average Bonchev–Trinajstić information content (AvgIpc) is 2.49. The number of benzene rings is 2. The van der Waals surface area contributed by atoms with Crippen molar-refractivity contribution in [2.24, 2.45) is 4.99 Å². The number of ether oxygens (including phenoxy) is 1. The number of anilines is 1. The Labute approximate surface area is 124 Å². The highest BCUT2D eigenvalue weighted by molar-refractivity contribution is 6.34. The van der Waals surface area contributed by atoms with E-state index >= 15 is 0 Å². The van der Waals surface area contributed by atoms with Gasteiger partial charge in [-0.1, -0.05) is 54.1 Å². The van der Waals surface area contributed by atoms with Gasteiger partial charge in [-0.05, 0) is 12.1 Å². The van der Waals surface area contributed by atoms with E-state index in [2.05, 4.69) is 10.3 Å². The molecule has 20 heavy (non-hydrogen) atoms. The smallest absolute Gasteiger partial charge is 0.132 e. The van der Waals surface area contributed by atoms with Crippen LogP contribution in [-0.2, 0) is 4.74 Å². The van der Waals surface area contributed by atoms with Crippen LogP contribution in [-0.4, -0.2) is 26.1 Å². The Morgan fingerprint density at radius 3 is 2.50 bits per heavy atom. The normalized spacial score (nSPS) is 11.4. The van der Waals surface area contributed by atoms with Gasteiger partial charge in [0.25, 0.3) is 0 Å². The van der Waals surface area contributed by atoms with Gasteiger partial charge in [0.05, 0.1) is 23.9 Å². The molecule has 0 aliphatic carbocycles. The van der Waals surface area contributed by atoms with Crippen LogP contribution in [0.4, 0.5) is 5.69 Å². The third-order valence-corrected chi connectivity index (χ3v) is 3.07. The van der Waals surface area contributed by atoms with Gasteiger partial charge in [0.15, 0.2) is 0 Å². The zero-order valence-corrected chi connectivity index (χ0v) is 12.1. The fourth-order valence-electron chi connectivity index (χ4n) is 1.74. The van der Waals surface area contributed by atoms with Crippen LogP contribution in [0.5, 0.6) is 0 Å². The molecule has 0 heterocycles. The molecule has 0 aliphatic heterocycles. The SMILES string of the molecule is COCCN=C(Nc1ccccc1Cl)c1ccccc1. The largest absolute Gasteiger partial charge is 0.383 e. The van der Waals surface area contributed by atoms with E-state index in [1.807, 2.05) is 54.6 Å². The Hall–Kier alpha value is -1.84. The van der Waals surface area contributed by atoms with Crippen molar-refractivity contribution in [3.63, 3.8) is 0 Å². The lowest BCUT2D eigenvalue weighted by Crippen LogP contribution is -2.15. The number of nitrogens with one attached hydrogen (secondary N) is 1. The van der Waals surface area contributed by atoms with Crippen molar-refractivity contribution in [3.05, 3.63) is 65.2 Å². The third-order valence-electron chi connectivity index (χ3n) is 2.74. The lowest BCUT2D eigenvalue weighted by molar-refractivity contribution is 0.208. The molecular weight excluding hydrogens is 272 g/mol. The molecule has 0 atom stereocenters. The molecule has 104 valence electrons. The molecule has 0 spiro atoms. The van der Waals surface area contributed by atoms with Crippen LogP contribution < -0.4 is 5.32 Å². The first-order valence-electron chi connectivity index (χ1n) is 6.41. The fourth-order valence-corrected chi connectivity index (χ4v) is 1.92. The van der Waals surface area contributed by atoms with E-state index in [4.69, 9.17) is 16.3 Å². The summed E-state index contributed by atoms with van der Waals surface area (Å²) in [4.78, 5) is 4.54. The molecule has 0 amide bonds. The predicted molar refractivity (Wildman–Crippen MR) is 84.8 cm³/mol. The van der Waals surface area contributed by atoms with Crippen molar-refractivity contribution < 1.29 is 4.74 Å². The summed E-state index contributed by atoms with van der Waals surface area (Å²) in [5, 5.41) is 3.95. The molecule has 3 nitrogen and oxygen atoms in total. The minimum absolute atomic E-state index is 0.584. The summed E-state index contributed by atoms with van der Waals surface area (Å²) < 4.78 is 5.04. The second-order valence-corrected chi connectivity index (χ2v) is 4.60. The maximum Gasteiger partial charge on any atom is 0.132 e. The molecule has 4 heteroatoms. The highest BCUT2D eigenvalue weighted by atomic mass is 35.5. The molecule has 0 aliphatic rings. The van der Waals surface area contributed by atoms with Crippen LogP contribution in [0.3, 0.4) is 0 Å². The van der Waals surface area contributed by atoms with Gasteiger partial charge in [0.1, 0.15) is 5.84 Å². The Balaban J connectivity index is 2.23. The molecule has 0 fully saturated rings. The van der Waals surface area contributed by atoms with Gasteiger partial charge in [-0.25, -0.2) is 0 Å². The Bertz CT molecular complexity index is 570. The lowest BCUT2D eigenvalue weighted by Gasteiger charge is -2.11. The van der Waals surface area contributed by atoms with Crippen LogP contribution in [0, 0.1) is 0 Å². The third kappa shape index (κ3) is 4.08. The lowest BCUT2D eigenvalue weighted by atomic mass is 10.2. The molecule has 2 rings (SSSR count). The van der Waals surface area contributed by atoms with Gasteiger partial charge in [-0.3, -0.25) is 4.99 Å². The number of aliphatic imine (C=N–C) groups is 1.